The van der Waals surface area contributed by atoms with Crippen molar-refractivity contribution >= 4 is 11.6 Å². The number of methoxy groups -OCH3 is 3. The van der Waals surface area contributed by atoms with Crippen LogP contribution in [0.4, 0.5) is 5.69 Å². The van der Waals surface area contributed by atoms with E-state index in [-0.39, 0.29) is 5.91 Å². The van der Waals surface area contributed by atoms with E-state index in [2.05, 4.69) is 12.2 Å². The predicted molar refractivity (Wildman–Crippen MR) is 73.9 cm³/mol. The Morgan fingerprint density at radius 2 is 1.74 bits per heavy atom. The average Bonchev–Trinajstić information content (AvgIpc) is 2.43. The lowest BCUT2D eigenvalue weighted by Crippen LogP contribution is -2.11. The van der Waals surface area contributed by atoms with E-state index >= 15 is 0 Å². The summed E-state index contributed by atoms with van der Waals surface area (Å²) >= 11 is 0. The lowest BCUT2D eigenvalue weighted by molar-refractivity contribution is -0.116. The van der Waals surface area contributed by atoms with Crippen molar-refractivity contribution < 1.29 is 19.0 Å². The number of rotatable bonds is 7. The van der Waals surface area contributed by atoms with Crippen LogP contribution in [-0.4, -0.2) is 27.2 Å². The molecule has 1 aromatic carbocycles. The SMILES string of the molecule is [CH2]CCCC(=O)Nc1cc(OC)c(OC)c(OC)c1. The van der Waals surface area contributed by atoms with Crippen LogP contribution in [0.5, 0.6) is 17.2 Å². The van der Waals surface area contributed by atoms with E-state index in [0.717, 1.165) is 12.8 Å². The van der Waals surface area contributed by atoms with Gasteiger partial charge in [-0.1, -0.05) is 13.3 Å². The molecule has 1 radical (unpaired) electrons. The maximum Gasteiger partial charge on any atom is 0.224 e. The van der Waals surface area contributed by atoms with Gasteiger partial charge in [0.25, 0.3) is 0 Å². The van der Waals surface area contributed by atoms with Crippen molar-refractivity contribution in [3.05, 3.63) is 19.1 Å². The van der Waals surface area contributed by atoms with Gasteiger partial charge in [0, 0.05) is 24.2 Å². The number of ether oxygens (including phenoxy) is 3. The average molecular weight is 266 g/mol. The summed E-state index contributed by atoms with van der Waals surface area (Å²) in [5.41, 5.74) is 0.614. The van der Waals surface area contributed by atoms with Gasteiger partial charge in [-0.15, -0.1) is 0 Å². The van der Waals surface area contributed by atoms with Crippen LogP contribution in [0.15, 0.2) is 12.1 Å². The monoisotopic (exact) mass is 266 g/mol. The molecule has 1 rings (SSSR count). The Morgan fingerprint density at radius 3 is 2.16 bits per heavy atom. The normalized spacial score (nSPS) is 9.89. The van der Waals surface area contributed by atoms with Crippen molar-refractivity contribution in [2.24, 2.45) is 0 Å². The van der Waals surface area contributed by atoms with Crippen LogP contribution in [0.25, 0.3) is 0 Å². The third kappa shape index (κ3) is 4.05. The molecule has 1 aromatic rings. The summed E-state index contributed by atoms with van der Waals surface area (Å²) in [4.78, 5) is 11.7. The zero-order valence-electron chi connectivity index (χ0n) is 11.6. The maximum atomic E-state index is 11.7. The zero-order chi connectivity index (χ0) is 14.3. The number of nitrogens with one attached hydrogen (secondary N) is 1. The molecule has 0 aliphatic carbocycles. The molecule has 1 amide bonds. The van der Waals surface area contributed by atoms with Gasteiger partial charge in [-0.3, -0.25) is 4.79 Å². The van der Waals surface area contributed by atoms with Crippen molar-refractivity contribution in [2.45, 2.75) is 19.3 Å². The molecule has 0 saturated heterocycles. The number of amides is 1. The second-order valence-corrected chi connectivity index (χ2v) is 3.92. The van der Waals surface area contributed by atoms with Crippen molar-refractivity contribution in [2.75, 3.05) is 26.6 Å². The molecule has 105 valence electrons. The highest BCUT2D eigenvalue weighted by Crippen LogP contribution is 2.39. The topological polar surface area (TPSA) is 56.8 Å². The minimum atomic E-state index is -0.0575. The zero-order valence-corrected chi connectivity index (χ0v) is 11.6. The van der Waals surface area contributed by atoms with E-state index in [9.17, 15) is 4.79 Å². The minimum Gasteiger partial charge on any atom is -0.493 e. The van der Waals surface area contributed by atoms with E-state index in [1.807, 2.05) is 0 Å². The van der Waals surface area contributed by atoms with Crippen molar-refractivity contribution in [3.63, 3.8) is 0 Å². The summed E-state index contributed by atoms with van der Waals surface area (Å²) in [7, 11) is 4.60. The molecular formula is C14H20NO4. The number of hydrogen-bond donors (Lipinski definition) is 1. The second kappa shape index (κ2) is 7.51. The molecule has 5 heteroatoms. The molecule has 0 heterocycles. The fourth-order valence-corrected chi connectivity index (χ4v) is 1.66. The van der Waals surface area contributed by atoms with E-state index in [4.69, 9.17) is 14.2 Å². The molecule has 0 fully saturated rings. The smallest absolute Gasteiger partial charge is 0.224 e. The van der Waals surface area contributed by atoms with Crippen LogP contribution in [0.3, 0.4) is 0 Å². The predicted octanol–water partition coefficient (Wildman–Crippen LogP) is 2.66. The number of carbonyl (C=O) groups is 1. The summed E-state index contributed by atoms with van der Waals surface area (Å²) in [5.74, 6) is 1.46. The quantitative estimate of drug-likeness (QED) is 0.824. The standard InChI is InChI=1S/C14H20NO4/c1-5-6-7-13(16)15-10-8-11(17-2)14(19-4)12(9-10)18-3/h8-9H,1,5-7H2,2-4H3,(H,15,16). The molecule has 0 aromatic heterocycles. The van der Waals surface area contributed by atoms with E-state index in [1.54, 1.807) is 12.1 Å². The molecule has 0 spiro atoms. The van der Waals surface area contributed by atoms with Gasteiger partial charge >= 0.3 is 0 Å². The number of benzene rings is 1. The number of anilines is 1. The third-order valence-electron chi connectivity index (χ3n) is 2.60. The molecular weight excluding hydrogens is 246 g/mol. The second-order valence-electron chi connectivity index (χ2n) is 3.92. The first-order chi connectivity index (χ1) is 9.15. The first kappa shape index (κ1) is 15.1. The Kier molecular flexibility index (Phi) is 5.99. The number of unbranched alkanes of at least 4 members (excludes halogenated alkanes) is 1. The highest BCUT2D eigenvalue weighted by molar-refractivity contribution is 5.91. The van der Waals surface area contributed by atoms with Gasteiger partial charge in [0.1, 0.15) is 0 Å². The lowest BCUT2D eigenvalue weighted by Gasteiger charge is -2.14. The summed E-state index contributed by atoms with van der Waals surface area (Å²) in [5, 5.41) is 2.80. The largest absolute Gasteiger partial charge is 0.493 e. The van der Waals surface area contributed by atoms with Gasteiger partial charge in [-0.2, -0.15) is 0 Å². The van der Waals surface area contributed by atoms with Gasteiger partial charge in [-0.05, 0) is 6.42 Å². The van der Waals surface area contributed by atoms with Crippen LogP contribution < -0.4 is 19.5 Å². The molecule has 0 bridgehead atoms. The molecule has 0 aliphatic rings. The van der Waals surface area contributed by atoms with E-state index < -0.39 is 0 Å². The number of carbonyl (C=O) groups excluding carboxylic acids is 1. The van der Waals surface area contributed by atoms with Crippen molar-refractivity contribution in [3.8, 4) is 17.2 Å². The van der Waals surface area contributed by atoms with Crippen molar-refractivity contribution in [1.29, 1.82) is 0 Å². The van der Waals surface area contributed by atoms with E-state index in [0.29, 0.717) is 29.4 Å². The summed E-state index contributed by atoms with van der Waals surface area (Å²) < 4.78 is 15.6. The van der Waals surface area contributed by atoms with Gasteiger partial charge in [0.05, 0.1) is 21.3 Å². The molecule has 1 N–H and O–H groups in total. The summed E-state index contributed by atoms with van der Waals surface area (Å²) in [6.45, 7) is 3.71. The van der Waals surface area contributed by atoms with Gasteiger partial charge < -0.3 is 19.5 Å². The number of hydrogen-bond acceptors (Lipinski definition) is 4. The van der Waals surface area contributed by atoms with Crippen LogP contribution in [0.1, 0.15) is 19.3 Å². The molecule has 5 nitrogen and oxygen atoms in total. The molecule has 0 aliphatic heterocycles. The molecule has 0 unspecified atom stereocenters. The van der Waals surface area contributed by atoms with Crippen LogP contribution in [-0.2, 0) is 4.79 Å². The Morgan fingerprint density at radius 1 is 1.16 bits per heavy atom. The third-order valence-corrected chi connectivity index (χ3v) is 2.60. The Labute approximate surface area is 113 Å². The Hall–Kier alpha value is -1.91. The first-order valence-electron chi connectivity index (χ1n) is 6.05. The Balaban J connectivity index is 2.93. The minimum absolute atomic E-state index is 0.0575. The highest BCUT2D eigenvalue weighted by atomic mass is 16.5. The summed E-state index contributed by atoms with van der Waals surface area (Å²) in [6.07, 6.45) is 1.94. The van der Waals surface area contributed by atoms with Crippen molar-refractivity contribution in [1.82, 2.24) is 0 Å². The first-order valence-corrected chi connectivity index (χ1v) is 6.05. The molecule has 19 heavy (non-hydrogen) atoms. The molecule has 0 saturated carbocycles. The summed E-state index contributed by atoms with van der Waals surface area (Å²) in [6, 6.07) is 3.40. The van der Waals surface area contributed by atoms with Crippen LogP contribution >= 0.6 is 0 Å². The highest BCUT2D eigenvalue weighted by Gasteiger charge is 2.14. The van der Waals surface area contributed by atoms with Gasteiger partial charge in [-0.25, -0.2) is 0 Å². The maximum absolute atomic E-state index is 11.7. The Bertz CT molecular complexity index is 406. The fourth-order valence-electron chi connectivity index (χ4n) is 1.66. The fraction of sp³-hybridized carbons (Fsp3) is 0.429. The van der Waals surface area contributed by atoms with Gasteiger partial charge in [0.2, 0.25) is 11.7 Å². The van der Waals surface area contributed by atoms with Crippen LogP contribution in [0.2, 0.25) is 0 Å². The van der Waals surface area contributed by atoms with E-state index in [1.165, 1.54) is 21.3 Å². The molecule has 0 atom stereocenters. The lowest BCUT2D eigenvalue weighted by atomic mass is 10.2. The van der Waals surface area contributed by atoms with Crippen LogP contribution in [0, 0.1) is 6.92 Å². The van der Waals surface area contributed by atoms with Gasteiger partial charge in [0.15, 0.2) is 11.5 Å².